The summed E-state index contributed by atoms with van der Waals surface area (Å²) >= 11 is 0. The van der Waals surface area contributed by atoms with Gasteiger partial charge in [0.2, 0.25) is 0 Å². The number of para-hydroxylation sites is 1. The monoisotopic (exact) mass is 319 g/mol. The van der Waals surface area contributed by atoms with Gasteiger partial charge >= 0.3 is 6.03 Å². The van der Waals surface area contributed by atoms with Crippen LogP contribution >= 0.6 is 0 Å². The van der Waals surface area contributed by atoms with Crippen molar-refractivity contribution >= 4 is 16.9 Å². The molecule has 1 unspecified atom stereocenters. The minimum Gasteiger partial charge on any atom is -0.358 e. The van der Waals surface area contributed by atoms with Gasteiger partial charge in [-0.25, -0.2) is 4.79 Å². The Balaban J connectivity index is 1.29. The van der Waals surface area contributed by atoms with Crippen LogP contribution in [0, 0.1) is 0 Å². The van der Waals surface area contributed by atoms with Crippen molar-refractivity contribution < 1.29 is 4.79 Å². The number of carbonyl (C=O) groups excluding carboxylic acids is 1. The molecule has 0 spiro atoms. The number of nitrogens with one attached hydrogen (secondary N) is 3. The number of aromatic amines is 1. The summed E-state index contributed by atoms with van der Waals surface area (Å²) in [6, 6.07) is 18.7. The smallest absolute Gasteiger partial charge is 0.315 e. The Labute approximate surface area is 141 Å². The summed E-state index contributed by atoms with van der Waals surface area (Å²) in [6.07, 6.45) is 2.62. The van der Waals surface area contributed by atoms with Crippen molar-refractivity contribution in [1.29, 1.82) is 0 Å². The fraction of sp³-hybridized carbons (Fsp3) is 0.250. The van der Waals surface area contributed by atoms with Crippen LogP contribution in [0.15, 0.2) is 54.6 Å². The van der Waals surface area contributed by atoms with E-state index in [1.165, 1.54) is 27.7 Å². The van der Waals surface area contributed by atoms with Gasteiger partial charge in [0.05, 0.1) is 0 Å². The van der Waals surface area contributed by atoms with Gasteiger partial charge in [-0.15, -0.1) is 0 Å². The molecule has 24 heavy (non-hydrogen) atoms. The topological polar surface area (TPSA) is 56.9 Å². The third-order valence-corrected chi connectivity index (χ3v) is 4.68. The van der Waals surface area contributed by atoms with Crippen LogP contribution < -0.4 is 10.6 Å². The first kappa shape index (κ1) is 14.8. The summed E-state index contributed by atoms with van der Waals surface area (Å²) in [5, 5.41) is 7.33. The highest BCUT2D eigenvalue weighted by Crippen LogP contribution is 2.29. The molecule has 1 atom stereocenters. The maximum Gasteiger partial charge on any atom is 0.315 e. The Kier molecular flexibility index (Phi) is 3.95. The third-order valence-electron chi connectivity index (χ3n) is 4.68. The number of aromatic nitrogens is 1. The lowest BCUT2D eigenvalue weighted by Crippen LogP contribution is -2.43. The Hall–Kier alpha value is -2.75. The van der Waals surface area contributed by atoms with E-state index in [-0.39, 0.29) is 12.1 Å². The molecule has 122 valence electrons. The molecule has 0 saturated heterocycles. The molecule has 0 saturated carbocycles. The first-order chi connectivity index (χ1) is 11.8. The quantitative estimate of drug-likeness (QED) is 0.680. The van der Waals surface area contributed by atoms with Gasteiger partial charge in [-0.1, -0.05) is 48.5 Å². The van der Waals surface area contributed by atoms with E-state index in [1.54, 1.807) is 0 Å². The highest BCUT2D eigenvalue weighted by Gasteiger charge is 2.26. The van der Waals surface area contributed by atoms with Gasteiger partial charge in [-0.2, -0.15) is 0 Å². The van der Waals surface area contributed by atoms with Crippen molar-refractivity contribution in [3.8, 4) is 0 Å². The summed E-state index contributed by atoms with van der Waals surface area (Å²) < 4.78 is 0. The summed E-state index contributed by atoms with van der Waals surface area (Å²) in [5.41, 5.74) is 5.03. The molecule has 2 aromatic carbocycles. The first-order valence-electron chi connectivity index (χ1n) is 8.46. The van der Waals surface area contributed by atoms with Crippen LogP contribution in [0.3, 0.4) is 0 Å². The van der Waals surface area contributed by atoms with Crippen molar-refractivity contribution in [2.24, 2.45) is 0 Å². The zero-order chi connectivity index (χ0) is 16.4. The summed E-state index contributed by atoms with van der Waals surface area (Å²) in [4.78, 5) is 15.6. The van der Waals surface area contributed by atoms with Crippen molar-refractivity contribution in [2.45, 2.75) is 25.3 Å². The lowest BCUT2D eigenvalue weighted by atomic mass is 10.1. The van der Waals surface area contributed by atoms with Crippen LogP contribution in [0.5, 0.6) is 0 Å². The Morgan fingerprint density at radius 2 is 1.83 bits per heavy atom. The number of fused-ring (bicyclic) bond motifs is 3. The molecule has 1 aromatic heterocycles. The van der Waals surface area contributed by atoms with Crippen molar-refractivity contribution in [3.63, 3.8) is 0 Å². The van der Waals surface area contributed by atoms with Crippen LogP contribution in [0.4, 0.5) is 4.79 Å². The standard InChI is InChI=1S/C20H21N3O/c24-20(21-11-10-14-6-2-1-3-7-14)22-15-12-17-16-8-4-5-9-18(16)23-19(17)13-15/h1-9,15,23H,10-13H2,(H2,21,22,24). The van der Waals surface area contributed by atoms with E-state index >= 15 is 0 Å². The number of amides is 2. The average molecular weight is 319 g/mol. The minimum absolute atomic E-state index is 0.0783. The Morgan fingerprint density at radius 1 is 1.04 bits per heavy atom. The lowest BCUT2D eigenvalue weighted by Gasteiger charge is -2.13. The zero-order valence-corrected chi connectivity index (χ0v) is 13.5. The first-order valence-corrected chi connectivity index (χ1v) is 8.46. The van der Waals surface area contributed by atoms with Gasteiger partial charge in [-0.3, -0.25) is 0 Å². The SMILES string of the molecule is O=C(NCCc1ccccc1)NC1Cc2[nH]c3ccccc3c2C1. The van der Waals surface area contributed by atoms with Crippen LogP contribution in [-0.2, 0) is 19.3 Å². The van der Waals surface area contributed by atoms with Gasteiger partial charge in [-0.05, 0) is 30.0 Å². The molecule has 4 nitrogen and oxygen atoms in total. The van der Waals surface area contributed by atoms with Gasteiger partial charge < -0.3 is 15.6 Å². The molecular formula is C20H21N3O. The van der Waals surface area contributed by atoms with Crippen LogP contribution in [0.2, 0.25) is 0 Å². The Morgan fingerprint density at radius 3 is 2.71 bits per heavy atom. The number of rotatable bonds is 4. The summed E-state index contributed by atoms with van der Waals surface area (Å²) in [6.45, 7) is 0.650. The number of benzene rings is 2. The third kappa shape index (κ3) is 3.00. The number of H-pyrrole nitrogens is 1. The molecule has 4 heteroatoms. The lowest BCUT2D eigenvalue weighted by molar-refractivity contribution is 0.237. The van der Waals surface area contributed by atoms with E-state index in [2.05, 4.69) is 45.9 Å². The van der Waals surface area contributed by atoms with Crippen LogP contribution in [0.25, 0.3) is 10.9 Å². The number of hydrogen-bond acceptors (Lipinski definition) is 1. The maximum atomic E-state index is 12.1. The molecule has 2 amide bonds. The van der Waals surface area contributed by atoms with E-state index in [9.17, 15) is 4.79 Å². The molecule has 0 radical (unpaired) electrons. The fourth-order valence-electron chi connectivity index (χ4n) is 3.53. The van der Waals surface area contributed by atoms with Gasteiger partial charge in [0.1, 0.15) is 0 Å². The second-order valence-electron chi connectivity index (χ2n) is 6.37. The largest absolute Gasteiger partial charge is 0.358 e. The molecule has 3 N–H and O–H groups in total. The second-order valence-corrected chi connectivity index (χ2v) is 6.37. The molecule has 0 fully saturated rings. The summed E-state index contributed by atoms with van der Waals surface area (Å²) in [5.74, 6) is 0. The number of hydrogen-bond donors (Lipinski definition) is 3. The molecule has 4 rings (SSSR count). The number of carbonyl (C=O) groups is 1. The second kappa shape index (κ2) is 6.40. The molecule has 1 aliphatic rings. The predicted octanol–water partition coefficient (Wildman–Crippen LogP) is 3.18. The average Bonchev–Trinajstić information content (AvgIpc) is 3.13. The van der Waals surface area contributed by atoms with Crippen molar-refractivity contribution in [2.75, 3.05) is 6.54 Å². The zero-order valence-electron chi connectivity index (χ0n) is 13.5. The van der Waals surface area contributed by atoms with E-state index < -0.39 is 0 Å². The van der Waals surface area contributed by atoms with Crippen LogP contribution in [-0.4, -0.2) is 23.6 Å². The summed E-state index contributed by atoms with van der Waals surface area (Å²) in [7, 11) is 0. The minimum atomic E-state index is -0.0783. The Bertz CT molecular complexity index is 854. The maximum absolute atomic E-state index is 12.1. The van der Waals surface area contributed by atoms with Gasteiger partial charge in [0, 0.05) is 35.6 Å². The van der Waals surface area contributed by atoms with E-state index in [1.807, 2.05) is 24.3 Å². The molecule has 3 aromatic rings. The molecular weight excluding hydrogens is 298 g/mol. The van der Waals surface area contributed by atoms with Gasteiger partial charge in [0.15, 0.2) is 0 Å². The van der Waals surface area contributed by atoms with Crippen molar-refractivity contribution in [1.82, 2.24) is 15.6 Å². The van der Waals surface area contributed by atoms with Crippen molar-refractivity contribution in [3.05, 3.63) is 71.4 Å². The highest BCUT2D eigenvalue weighted by molar-refractivity contribution is 5.85. The molecule has 0 aliphatic heterocycles. The van der Waals surface area contributed by atoms with E-state index in [0.29, 0.717) is 6.54 Å². The van der Waals surface area contributed by atoms with E-state index in [0.717, 1.165) is 19.3 Å². The highest BCUT2D eigenvalue weighted by atomic mass is 16.2. The van der Waals surface area contributed by atoms with Crippen LogP contribution in [0.1, 0.15) is 16.8 Å². The fourth-order valence-corrected chi connectivity index (χ4v) is 3.53. The van der Waals surface area contributed by atoms with Gasteiger partial charge in [0.25, 0.3) is 0 Å². The molecule has 1 aliphatic carbocycles. The number of urea groups is 1. The molecule has 0 bridgehead atoms. The van der Waals surface area contributed by atoms with E-state index in [4.69, 9.17) is 0 Å². The normalized spacial score (nSPS) is 16.1. The molecule has 1 heterocycles. The predicted molar refractivity (Wildman–Crippen MR) is 96.2 cm³/mol.